The van der Waals surface area contributed by atoms with Gasteiger partial charge in [-0.3, -0.25) is 4.90 Å². The molecule has 2 aliphatic rings. The van der Waals surface area contributed by atoms with Crippen molar-refractivity contribution in [2.45, 2.75) is 31.5 Å². The Bertz CT molecular complexity index is 1090. The molecule has 3 aromatic carbocycles. The number of benzene rings is 3. The number of nitrogens with zero attached hydrogens (tertiary/aromatic N) is 1. The van der Waals surface area contributed by atoms with Gasteiger partial charge in [0.25, 0.3) is 0 Å². The van der Waals surface area contributed by atoms with Crippen molar-refractivity contribution in [1.29, 1.82) is 0 Å². The molecular formula is C23H25NO4. The van der Waals surface area contributed by atoms with E-state index >= 15 is 0 Å². The van der Waals surface area contributed by atoms with Crippen molar-refractivity contribution in [3.8, 4) is 17.2 Å². The maximum absolute atomic E-state index is 11.2. The van der Waals surface area contributed by atoms with Crippen molar-refractivity contribution in [1.82, 2.24) is 4.90 Å². The number of hydrogen-bond acceptors (Lipinski definition) is 5. The predicted octanol–water partition coefficient (Wildman–Crippen LogP) is 3.86. The lowest BCUT2D eigenvalue weighted by atomic mass is 9.83. The summed E-state index contributed by atoms with van der Waals surface area (Å²) in [4.78, 5) is 2.23. The summed E-state index contributed by atoms with van der Waals surface area (Å²) in [6.45, 7) is 1.70. The molecule has 2 heterocycles. The highest BCUT2D eigenvalue weighted by molar-refractivity contribution is 6.12. The maximum Gasteiger partial charge on any atom is 0.161 e. The summed E-state index contributed by atoms with van der Waals surface area (Å²) in [7, 11) is 5.01. The lowest BCUT2D eigenvalue weighted by Crippen LogP contribution is -2.48. The molecule has 0 radical (unpaired) electrons. The number of fused-ring (bicyclic) bond motifs is 7. The summed E-state index contributed by atoms with van der Waals surface area (Å²) in [5.74, 6) is 2.24. The Morgan fingerprint density at radius 2 is 1.57 bits per heavy atom. The summed E-state index contributed by atoms with van der Waals surface area (Å²) in [6.07, 6.45) is 2.49. The van der Waals surface area contributed by atoms with E-state index in [1.807, 2.05) is 12.1 Å². The van der Waals surface area contributed by atoms with Gasteiger partial charge in [-0.05, 0) is 69.8 Å². The lowest BCUT2D eigenvalue weighted by molar-refractivity contribution is -0.0910. The average Bonchev–Trinajstić information content (AvgIpc) is 3.11. The quantitative estimate of drug-likeness (QED) is 0.701. The Kier molecular flexibility index (Phi) is 3.93. The van der Waals surface area contributed by atoms with E-state index in [9.17, 15) is 5.11 Å². The van der Waals surface area contributed by atoms with Gasteiger partial charge in [-0.2, -0.15) is 0 Å². The maximum atomic E-state index is 11.2. The fraction of sp³-hybridized carbons (Fsp3) is 0.391. The Morgan fingerprint density at radius 1 is 0.857 bits per heavy atom. The van der Waals surface area contributed by atoms with Crippen LogP contribution in [0.25, 0.3) is 21.5 Å². The van der Waals surface area contributed by atoms with Gasteiger partial charge < -0.3 is 19.3 Å². The number of aliphatic hydroxyl groups is 1. The number of hydrogen-bond donors (Lipinski definition) is 1. The molecule has 5 nitrogen and oxygen atoms in total. The van der Waals surface area contributed by atoms with E-state index < -0.39 is 5.72 Å². The van der Waals surface area contributed by atoms with Crippen molar-refractivity contribution in [3.63, 3.8) is 0 Å². The molecule has 28 heavy (non-hydrogen) atoms. The van der Waals surface area contributed by atoms with Gasteiger partial charge in [-0.15, -0.1) is 0 Å². The van der Waals surface area contributed by atoms with E-state index in [1.165, 1.54) is 16.5 Å². The minimum atomic E-state index is -0.743. The predicted molar refractivity (Wildman–Crippen MR) is 109 cm³/mol. The Labute approximate surface area is 164 Å². The van der Waals surface area contributed by atoms with E-state index in [-0.39, 0.29) is 0 Å². The Balaban J connectivity index is 1.89. The highest BCUT2D eigenvalue weighted by Gasteiger charge is 2.43. The van der Waals surface area contributed by atoms with Crippen LogP contribution < -0.4 is 14.2 Å². The van der Waals surface area contributed by atoms with Crippen LogP contribution in [-0.2, 0) is 13.0 Å². The third-order valence-electron chi connectivity index (χ3n) is 6.46. The summed E-state index contributed by atoms with van der Waals surface area (Å²) >= 11 is 0. The average molecular weight is 379 g/mol. The van der Waals surface area contributed by atoms with E-state index in [0.29, 0.717) is 17.9 Å². The highest BCUT2D eigenvalue weighted by atomic mass is 16.5. The number of ether oxygens (including phenoxy) is 3. The molecule has 0 aliphatic carbocycles. The van der Waals surface area contributed by atoms with Crippen LogP contribution in [0.5, 0.6) is 17.2 Å². The van der Waals surface area contributed by atoms with Crippen LogP contribution in [0.3, 0.4) is 0 Å². The van der Waals surface area contributed by atoms with Gasteiger partial charge in [0, 0.05) is 19.5 Å². The molecule has 0 spiro atoms. The number of rotatable bonds is 3. The van der Waals surface area contributed by atoms with Gasteiger partial charge in [0.05, 0.1) is 21.3 Å². The van der Waals surface area contributed by atoms with Gasteiger partial charge in [0.15, 0.2) is 11.5 Å². The fourth-order valence-electron chi connectivity index (χ4n) is 5.02. The zero-order chi connectivity index (χ0) is 19.5. The molecular weight excluding hydrogens is 354 g/mol. The number of methoxy groups -OCH3 is 3. The summed E-state index contributed by atoms with van der Waals surface area (Å²) < 4.78 is 16.6. The molecule has 1 fully saturated rings. The fourth-order valence-corrected chi connectivity index (χ4v) is 5.02. The van der Waals surface area contributed by atoms with Crippen LogP contribution in [0.2, 0.25) is 0 Å². The van der Waals surface area contributed by atoms with Gasteiger partial charge in [-0.1, -0.05) is 6.07 Å². The third-order valence-corrected chi connectivity index (χ3v) is 6.46. The minimum Gasteiger partial charge on any atom is -0.497 e. The molecule has 3 aromatic rings. The standard InChI is InChI=1S/C23H25NO4/c1-26-14-5-6-15-16(9-14)17-10-21(27-2)22(28-3)11-18(17)19-12-23(25)7-4-8-24(23)13-20(15)19/h5-6,9-11,25H,4,7-8,12-13H2,1-3H3. The molecule has 1 unspecified atom stereocenters. The molecule has 2 aliphatic heterocycles. The first kappa shape index (κ1) is 17.6. The zero-order valence-electron chi connectivity index (χ0n) is 16.5. The van der Waals surface area contributed by atoms with E-state index in [0.717, 1.165) is 47.8 Å². The molecule has 0 bridgehead atoms. The minimum absolute atomic E-state index is 0.635. The highest BCUT2D eigenvalue weighted by Crippen LogP contribution is 2.46. The van der Waals surface area contributed by atoms with Gasteiger partial charge in [-0.25, -0.2) is 0 Å². The van der Waals surface area contributed by atoms with Crippen molar-refractivity contribution in [2.75, 3.05) is 27.9 Å². The van der Waals surface area contributed by atoms with Crippen molar-refractivity contribution in [2.24, 2.45) is 0 Å². The van der Waals surface area contributed by atoms with E-state index in [1.54, 1.807) is 21.3 Å². The first-order valence-electron chi connectivity index (χ1n) is 9.72. The zero-order valence-corrected chi connectivity index (χ0v) is 16.5. The van der Waals surface area contributed by atoms with Crippen molar-refractivity contribution >= 4 is 21.5 Å². The largest absolute Gasteiger partial charge is 0.497 e. The molecule has 5 rings (SSSR count). The topological polar surface area (TPSA) is 51.2 Å². The third kappa shape index (κ3) is 2.39. The monoisotopic (exact) mass is 379 g/mol. The summed E-state index contributed by atoms with van der Waals surface area (Å²) in [6, 6.07) is 10.3. The first-order chi connectivity index (χ1) is 13.6. The van der Waals surface area contributed by atoms with Crippen LogP contribution in [0, 0.1) is 0 Å². The lowest BCUT2D eigenvalue weighted by Gasteiger charge is -2.40. The molecule has 0 aromatic heterocycles. The van der Waals surface area contributed by atoms with E-state index in [4.69, 9.17) is 14.2 Å². The van der Waals surface area contributed by atoms with Crippen molar-refractivity contribution in [3.05, 3.63) is 41.5 Å². The first-order valence-corrected chi connectivity index (χ1v) is 9.72. The molecule has 1 atom stereocenters. The normalized spacial score (nSPS) is 21.6. The van der Waals surface area contributed by atoms with Crippen LogP contribution >= 0.6 is 0 Å². The van der Waals surface area contributed by atoms with Crippen LogP contribution in [-0.4, -0.2) is 43.6 Å². The smallest absolute Gasteiger partial charge is 0.161 e. The molecule has 146 valence electrons. The summed E-state index contributed by atoms with van der Waals surface area (Å²) in [5, 5.41) is 15.8. The van der Waals surface area contributed by atoms with Crippen molar-refractivity contribution < 1.29 is 19.3 Å². The molecule has 0 amide bonds. The molecule has 5 heteroatoms. The van der Waals surface area contributed by atoms with Crippen LogP contribution in [0.4, 0.5) is 0 Å². The van der Waals surface area contributed by atoms with E-state index in [2.05, 4.69) is 23.1 Å². The molecule has 1 saturated heterocycles. The Hall–Kier alpha value is -2.50. The Morgan fingerprint density at radius 3 is 2.29 bits per heavy atom. The second kappa shape index (κ2) is 6.26. The summed E-state index contributed by atoms with van der Waals surface area (Å²) in [5.41, 5.74) is 1.77. The van der Waals surface area contributed by atoms with Crippen LogP contribution in [0.15, 0.2) is 30.3 Å². The van der Waals surface area contributed by atoms with Gasteiger partial charge >= 0.3 is 0 Å². The second-order valence-corrected chi connectivity index (χ2v) is 7.81. The van der Waals surface area contributed by atoms with Gasteiger partial charge in [0.2, 0.25) is 0 Å². The van der Waals surface area contributed by atoms with Crippen LogP contribution in [0.1, 0.15) is 24.0 Å². The molecule has 0 saturated carbocycles. The SMILES string of the molecule is COc1ccc2c3c(c4cc(OC)c(OC)cc4c2c1)CC1(O)CCCN1C3. The molecule has 1 N–H and O–H groups in total. The van der Waals surface area contributed by atoms with Gasteiger partial charge in [0.1, 0.15) is 11.5 Å². The second-order valence-electron chi connectivity index (χ2n) is 7.81.